The third kappa shape index (κ3) is 4.26. The number of ether oxygens (including phenoxy) is 2. The van der Waals surface area contributed by atoms with Gasteiger partial charge in [-0.3, -0.25) is 14.4 Å². The van der Waals surface area contributed by atoms with Crippen LogP contribution in [0.4, 0.5) is 11.4 Å². The summed E-state index contributed by atoms with van der Waals surface area (Å²) in [4.78, 5) is 42.3. The molecule has 5 rings (SSSR count). The number of carbonyl (C=O) groups excluding carboxylic acids is 3. The normalized spacial score (nSPS) is 27.8. The highest BCUT2D eigenvalue weighted by atomic mass is 16.5. The van der Waals surface area contributed by atoms with Gasteiger partial charge in [0.2, 0.25) is 17.7 Å². The van der Waals surface area contributed by atoms with Gasteiger partial charge < -0.3 is 30.1 Å². The van der Waals surface area contributed by atoms with E-state index in [2.05, 4.69) is 10.6 Å². The number of nitrogens with one attached hydrogen (secondary N) is 2. The number of aliphatic hydroxyl groups excluding tert-OH is 1. The second-order valence-corrected chi connectivity index (χ2v) is 10.1. The third-order valence-corrected chi connectivity index (χ3v) is 7.78. The summed E-state index contributed by atoms with van der Waals surface area (Å²) in [7, 11) is 0. The number of aliphatic hydroxyl groups is 1. The highest BCUT2D eigenvalue weighted by Crippen LogP contribution is 2.58. The van der Waals surface area contributed by atoms with Gasteiger partial charge in [0.1, 0.15) is 17.4 Å². The van der Waals surface area contributed by atoms with Crippen LogP contribution in [-0.4, -0.2) is 65.2 Å². The van der Waals surface area contributed by atoms with Gasteiger partial charge >= 0.3 is 0 Å². The number of amides is 3. The molecule has 3 aliphatic rings. The van der Waals surface area contributed by atoms with Crippen molar-refractivity contribution in [1.29, 1.82) is 0 Å². The molecule has 3 N–H and O–H groups in total. The Hall–Kier alpha value is -3.43. The van der Waals surface area contributed by atoms with Crippen molar-refractivity contribution in [1.82, 2.24) is 4.90 Å². The van der Waals surface area contributed by atoms with Gasteiger partial charge in [0, 0.05) is 17.9 Å². The Kier molecular flexibility index (Phi) is 6.68. The van der Waals surface area contributed by atoms with Crippen LogP contribution in [0.3, 0.4) is 0 Å². The lowest BCUT2D eigenvalue weighted by Gasteiger charge is -2.33. The lowest BCUT2D eigenvalue weighted by Crippen LogP contribution is -2.53. The molecule has 3 heterocycles. The van der Waals surface area contributed by atoms with Crippen molar-refractivity contribution >= 4 is 29.1 Å². The minimum Gasteiger partial charge on any atom is -0.494 e. The summed E-state index contributed by atoms with van der Waals surface area (Å²) in [5.41, 5.74) is 2.04. The summed E-state index contributed by atoms with van der Waals surface area (Å²) >= 11 is 0. The summed E-state index contributed by atoms with van der Waals surface area (Å²) in [6.07, 6.45) is 0.614. The Morgan fingerprint density at radius 2 is 1.89 bits per heavy atom. The van der Waals surface area contributed by atoms with Crippen LogP contribution in [0.25, 0.3) is 0 Å². The molecule has 9 heteroatoms. The Morgan fingerprint density at radius 1 is 1.14 bits per heavy atom. The average molecular weight is 508 g/mol. The molecule has 1 spiro atoms. The Morgan fingerprint density at radius 3 is 2.59 bits per heavy atom. The fourth-order valence-corrected chi connectivity index (χ4v) is 6.20. The molecule has 2 aromatic carbocycles. The van der Waals surface area contributed by atoms with E-state index in [0.717, 1.165) is 11.1 Å². The van der Waals surface area contributed by atoms with Gasteiger partial charge in [-0.15, -0.1) is 0 Å². The molecule has 0 aromatic heterocycles. The van der Waals surface area contributed by atoms with Crippen LogP contribution in [0.15, 0.2) is 42.5 Å². The van der Waals surface area contributed by atoms with Crippen molar-refractivity contribution in [3.63, 3.8) is 0 Å². The smallest absolute Gasteiger partial charge is 0.250 e. The van der Waals surface area contributed by atoms with Crippen molar-refractivity contribution in [2.45, 2.75) is 51.4 Å². The second-order valence-electron chi connectivity index (χ2n) is 10.1. The van der Waals surface area contributed by atoms with Gasteiger partial charge in [-0.05, 0) is 75.1 Å². The third-order valence-electron chi connectivity index (χ3n) is 7.78. The van der Waals surface area contributed by atoms with E-state index >= 15 is 0 Å². The topological polar surface area (TPSA) is 117 Å². The van der Waals surface area contributed by atoms with E-state index in [1.165, 1.54) is 4.90 Å². The molecular weight excluding hydrogens is 474 g/mol. The number of aryl methyl sites for hydroxylation is 2. The van der Waals surface area contributed by atoms with Gasteiger partial charge in [0.05, 0.1) is 31.2 Å². The summed E-state index contributed by atoms with van der Waals surface area (Å²) in [6.45, 7) is 5.98. The van der Waals surface area contributed by atoms with Gasteiger partial charge in [-0.2, -0.15) is 0 Å². The van der Waals surface area contributed by atoms with Crippen LogP contribution in [0.1, 0.15) is 30.9 Å². The number of likely N-dealkylation sites (tertiary alicyclic amines) is 1. The van der Waals surface area contributed by atoms with Crippen LogP contribution < -0.4 is 15.4 Å². The average Bonchev–Trinajstić information content (AvgIpc) is 3.51. The minimum atomic E-state index is -1.11. The number of rotatable bonds is 8. The number of β-amino-alcohol motifs (C(OH)–C–C–N with tert-alkyl or cyclic N) is 1. The molecule has 37 heavy (non-hydrogen) atoms. The first-order valence-corrected chi connectivity index (χ1v) is 12.8. The Bertz CT molecular complexity index is 1210. The van der Waals surface area contributed by atoms with Crippen LogP contribution in [-0.2, 0) is 19.1 Å². The lowest BCUT2D eigenvalue weighted by molar-refractivity contribution is -0.140. The highest BCUT2D eigenvalue weighted by molar-refractivity contribution is 6.05. The predicted octanol–water partition coefficient (Wildman–Crippen LogP) is 2.65. The van der Waals surface area contributed by atoms with Gasteiger partial charge in [0.25, 0.3) is 0 Å². The number of fused-ring (bicyclic) bond motifs is 1. The van der Waals surface area contributed by atoms with Crippen molar-refractivity contribution in [2.24, 2.45) is 11.8 Å². The number of nitrogens with zero attached hydrogens (tertiary/aromatic N) is 1. The van der Waals surface area contributed by atoms with E-state index in [9.17, 15) is 19.5 Å². The number of benzene rings is 2. The summed E-state index contributed by atoms with van der Waals surface area (Å²) < 4.78 is 11.9. The van der Waals surface area contributed by atoms with Crippen molar-refractivity contribution in [3.05, 3.63) is 53.6 Å². The zero-order valence-corrected chi connectivity index (χ0v) is 21.3. The molecule has 9 nitrogen and oxygen atoms in total. The van der Waals surface area contributed by atoms with Gasteiger partial charge in [0.15, 0.2) is 0 Å². The zero-order valence-electron chi connectivity index (χ0n) is 21.3. The number of hydrogen-bond donors (Lipinski definition) is 3. The Labute approximate surface area is 216 Å². The molecule has 3 aliphatic heterocycles. The standard InChI is InChI=1S/C28H33N3O6/c1-4-36-19-9-7-18(8-10-19)29-25(33)22-21-11-12-28(37-21)23(22)27(35)31(13-14-32)24(28)26(34)30-20-15-16(2)5-6-17(20)3/h5-10,15,21-24,32H,4,11-14H2,1-3H3,(H,29,33)(H,30,34)/t21-,22+,23+,24?,28?/m1/s1. The maximum Gasteiger partial charge on any atom is 0.250 e. The monoisotopic (exact) mass is 507 g/mol. The lowest BCUT2D eigenvalue weighted by atomic mass is 9.70. The van der Waals surface area contributed by atoms with Gasteiger partial charge in [-0.25, -0.2) is 0 Å². The fraction of sp³-hybridized carbons (Fsp3) is 0.464. The van der Waals surface area contributed by atoms with Crippen molar-refractivity contribution < 1.29 is 29.0 Å². The van der Waals surface area contributed by atoms with E-state index in [1.54, 1.807) is 24.3 Å². The number of carbonyl (C=O) groups is 3. The number of hydrogen-bond acceptors (Lipinski definition) is 6. The predicted molar refractivity (Wildman–Crippen MR) is 137 cm³/mol. The quantitative estimate of drug-likeness (QED) is 0.506. The molecule has 5 atom stereocenters. The molecule has 2 aromatic rings. The van der Waals surface area contributed by atoms with E-state index in [-0.39, 0.29) is 30.9 Å². The SMILES string of the molecule is CCOc1ccc(NC(=O)[C@@H]2[C@H]3C(=O)N(CCO)C(C(=O)Nc4cc(C)ccc4C)C34CC[C@H]2O4)cc1. The first kappa shape index (κ1) is 25.2. The van der Waals surface area contributed by atoms with Crippen LogP contribution in [0, 0.1) is 25.7 Å². The molecule has 3 fully saturated rings. The van der Waals surface area contributed by atoms with Crippen LogP contribution in [0.2, 0.25) is 0 Å². The summed E-state index contributed by atoms with van der Waals surface area (Å²) in [5.74, 6) is -1.84. The highest BCUT2D eigenvalue weighted by Gasteiger charge is 2.74. The van der Waals surface area contributed by atoms with Crippen LogP contribution in [0.5, 0.6) is 5.75 Å². The largest absolute Gasteiger partial charge is 0.494 e. The number of anilines is 2. The molecule has 3 saturated heterocycles. The Balaban J connectivity index is 1.42. The first-order chi connectivity index (χ1) is 17.8. The second kappa shape index (κ2) is 9.79. The molecule has 0 aliphatic carbocycles. The molecule has 2 bridgehead atoms. The molecule has 3 amide bonds. The molecule has 196 valence electrons. The van der Waals surface area contributed by atoms with E-state index in [1.807, 2.05) is 39.0 Å². The van der Waals surface area contributed by atoms with E-state index in [0.29, 0.717) is 36.6 Å². The summed E-state index contributed by atoms with van der Waals surface area (Å²) in [5, 5.41) is 15.6. The van der Waals surface area contributed by atoms with Gasteiger partial charge in [-0.1, -0.05) is 12.1 Å². The van der Waals surface area contributed by atoms with Crippen molar-refractivity contribution in [3.8, 4) is 5.75 Å². The molecule has 0 radical (unpaired) electrons. The molecule has 0 saturated carbocycles. The molecular formula is C28H33N3O6. The van der Waals surface area contributed by atoms with E-state index < -0.39 is 29.6 Å². The molecule has 2 unspecified atom stereocenters. The summed E-state index contributed by atoms with van der Waals surface area (Å²) in [6, 6.07) is 11.9. The fourth-order valence-electron chi connectivity index (χ4n) is 6.20. The first-order valence-electron chi connectivity index (χ1n) is 12.8. The minimum absolute atomic E-state index is 0.0107. The van der Waals surface area contributed by atoms with Crippen LogP contribution >= 0.6 is 0 Å². The maximum atomic E-state index is 13.7. The van der Waals surface area contributed by atoms with Crippen molar-refractivity contribution in [2.75, 3.05) is 30.4 Å². The van der Waals surface area contributed by atoms with E-state index in [4.69, 9.17) is 9.47 Å². The maximum absolute atomic E-state index is 13.7. The zero-order chi connectivity index (χ0) is 26.3.